The van der Waals surface area contributed by atoms with Crippen LogP contribution in [-0.4, -0.2) is 31.5 Å². The third-order valence-corrected chi connectivity index (χ3v) is 3.72. The zero-order chi connectivity index (χ0) is 17.3. The molecule has 7 heteroatoms. The van der Waals surface area contributed by atoms with E-state index in [9.17, 15) is 18.4 Å². The first-order chi connectivity index (χ1) is 11.5. The Kier molecular flexibility index (Phi) is 4.16. The molecule has 0 saturated carbocycles. The van der Waals surface area contributed by atoms with Crippen LogP contribution in [0.5, 0.6) is 5.75 Å². The van der Waals surface area contributed by atoms with Crippen molar-refractivity contribution in [3.63, 3.8) is 0 Å². The minimum Gasteiger partial charge on any atom is -0.477 e. The van der Waals surface area contributed by atoms with E-state index in [4.69, 9.17) is 4.74 Å². The Labute approximate surface area is 136 Å². The maximum absolute atomic E-state index is 14.0. The third-order valence-electron chi connectivity index (χ3n) is 3.72. The van der Waals surface area contributed by atoms with E-state index in [1.807, 2.05) is 0 Å². The summed E-state index contributed by atoms with van der Waals surface area (Å²) in [5.74, 6) is -2.46. The van der Waals surface area contributed by atoms with E-state index in [1.165, 1.54) is 11.9 Å². The molecule has 2 aromatic rings. The van der Waals surface area contributed by atoms with Crippen LogP contribution < -0.4 is 15.0 Å². The summed E-state index contributed by atoms with van der Waals surface area (Å²) in [6.45, 7) is -0.0770. The highest BCUT2D eigenvalue weighted by molar-refractivity contribution is 6.08. The number of nitrogens with zero attached hydrogens (tertiary/aromatic N) is 1. The van der Waals surface area contributed by atoms with Gasteiger partial charge in [-0.2, -0.15) is 0 Å². The minimum atomic E-state index is -0.958. The second-order valence-corrected chi connectivity index (χ2v) is 5.23. The molecule has 1 heterocycles. The van der Waals surface area contributed by atoms with Crippen LogP contribution in [0.1, 0.15) is 10.4 Å². The fraction of sp³-hybridized carbons (Fsp3) is 0.176. The van der Waals surface area contributed by atoms with Crippen molar-refractivity contribution in [2.75, 3.05) is 18.5 Å². The monoisotopic (exact) mass is 332 g/mol. The van der Waals surface area contributed by atoms with E-state index in [-0.39, 0.29) is 12.1 Å². The summed E-state index contributed by atoms with van der Waals surface area (Å²) in [4.78, 5) is 25.9. The van der Waals surface area contributed by atoms with Crippen molar-refractivity contribution in [2.24, 2.45) is 0 Å². The lowest BCUT2D eigenvalue weighted by Gasteiger charge is -2.34. The summed E-state index contributed by atoms with van der Waals surface area (Å²) in [5, 5.41) is 2.46. The van der Waals surface area contributed by atoms with Gasteiger partial charge in [-0.25, -0.2) is 8.78 Å². The first kappa shape index (κ1) is 15.9. The topological polar surface area (TPSA) is 58.6 Å². The van der Waals surface area contributed by atoms with Crippen LogP contribution in [0.25, 0.3) is 0 Å². The Hall–Kier alpha value is -2.96. The molecule has 1 atom stereocenters. The largest absolute Gasteiger partial charge is 0.477 e. The number of carbonyl (C=O) groups excluding carboxylic acids is 2. The van der Waals surface area contributed by atoms with E-state index in [0.29, 0.717) is 17.5 Å². The van der Waals surface area contributed by atoms with Crippen LogP contribution in [-0.2, 0) is 4.79 Å². The zero-order valence-corrected chi connectivity index (χ0v) is 12.8. The molecule has 0 fully saturated rings. The first-order valence-electron chi connectivity index (χ1n) is 7.25. The van der Waals surface area contributed by atoms with Crippen molar-refractivity contribution in [3.8, 4) is 5.75 Å². The molecule has 0 spiro atoms. The van der Waals surface area contributed by atoms with Crippen molar-refractivity contribution in [1.82, 2.24) is 5.32 Å². The molecule has 24 heavy (non-hydrogen) atoms. The van der Waals surface area contributed by atoms with Crippen LogP contribution >= 0.6 is 0 Å². The van der Waals surface area contributed by atoms with Crippen molar-refractivity contribution >= 4 is 17.5 Å². The maximum atomic E-state index is 14.0. The number of hydrogen-bond acceptors (Lipinski definition) is 3. The van der Waals surface area contributed by atoms with E-state index in [0.717, 1.165) is 12.1 Å². The standard InChI is InChI=1S/C17H14F2N2O3/c1-20-16(22)15-9-21(13-4-2-3-5-14(13)24-15)17(23)11-7-6-10(18)8-12(11)19/h2-8,15H,9H2,1H3,(H,20,22). The summed E-state index contributed by atoms with van der Waals surface area (Å²) in [5.41, 5.74) is 0.148. The van der Waals surface area contributed by atoms with Crippen LogP contribution in [0, 0.1) is 11.6 Å². The van der Waals surface area contributed by atoms with E-state index in [1.54, 1.807) is 24.3 Å². The molecule has 124 valence electrons. The lowest BCUT2D eigenvalue weighted by Crippen LogP contribution is -2.50. The van der Waals surface area contributed by atoms with Crippen molar-refractivity contribution in [3.05, 3.63) is 59.7 Å². The molecule has 0 saturated heterocycles. The average Bonchev–Trinajstić information content (AvgIpc) is 2.59. The number of carbonyl (C=O) groups is 2. The van der Waals surface area contributed by atoms with Gasteiger partial charge in [0.2, 0.25) is 0 Å². The second-order valence-electron chi connectivity index (χ2n) is 5.23. The van der Waals surface area contributed by atoms with Gasteiger partial charge in [0.05, 0.1) is 17.8 Å². The molecule has 1 aliphatic rings. The Bertz CT molecular complexity index is 810. The average molecular weight is 332 g/mol. The fourth-order valence-electron chi connectivity index (χ4n) is 2.53. The molecule has 0 aromatic heterocycles. The molecule has 1 aliphatic heterocycles. The molecular formula is C17H14F2N2O3. The molecule has 5 nitrogen and oxygen atoms in total. The van der Waals surface area contributed by atoms with E-state index in [2.05, 4.69) is 5.32 Å². The Morgan fingerprint density at radius 2 is 1.96 bits per heavy atom. The Morgan fingerprint density at radius 1 is 1.21 bits per heavy atom. The Morgan fingerprint density at radius 3 is 2.67 bits per heavy atom. The van der Waals surface area contributed by atoms with Gasteiger partial charge in [0.1, 0.15) is 17.4 Å². The van der Waals surface area contributed by atoms with Gasteiger partial charge in [0, 0.05) is 13.1 Å². The predicted molar refractivity (Wildman–Crippen MR) is 83.0 cm³/mol. The van der Waals surface area contributed by atoms with Crippen molar-refractivity contribution in [1.29, 1.82) is 0 Å². The number of ether oxygens (including phenoxy) is 1. The van der Waals surface area contributed by atoms with E-state index < -0.39 is 29.6 Å². The highest BCUT2D eigenvalue weighted by Crippen LogP contribution is 2.34. The summed E-state index contributed by atoms with van der Waals surface area (Å²) in [7, 11) is 1.46. The number of likely N-dealkylation sites (N-methyl/N-ethyl adjacent to an activating group) is 1. The highest BCUT2D eigenvalue weighted by Gasteiger charge is 2.34. The van der Waals surface area contributed by atoms with Gasteiger partial charge >= 0.3 is 0 Å². The number of anilines is 1. The predicted octanol–water partition coefficient (Wildman–Crippen LogP) is 2.12. The summed E-state index contributed by atoms with van der Waals surface area (Å²) < 4.78 is 32.6. The highest BCUT2D eigenvalue weighted by atomic mass is 19.1. The SMILES string of the molecule is CNC(=O)C1CN(C(=O)c2ccc(F)cc2F)c2ccccc2O1. The number of para-hydroxylation sites is 2. The van der Waals surface area contributed by atoms with Gasteiger partial charge in [-0.15, -0.1) is 0 Å². The van der Waals surface area contributed by atoms with Gasteiger partial charge < -0.3 is 15.0 Å². The van der Waals surface area contributed by atoms with E-state index >= 15 is 0 Å². The van der Waals surface area contributed by atoms with Gasteiger partial charge in [-0.1, -0.05) is 12.1 Å². The van der Waals surface area contributed by atoms with Crippen LogP contribution in [0.15, 0.2) is 42.5 Å². The van der Waals surface area contributed by atoms with Crippen LogP contribution in [0.2, 0.25) is 0 Å². The first-order valence-corrected chi connectivity index (χ1v) is 7.25. The molecular weight excluding hydrogens is 318 g/mol. The number of halogens is 2. The molecule has 1 unspecified atom stereocenters. The summed E-state index contributed by atoms with van der Waals surface area (Å²) in [6, 6.07) is 9.39. The minimum absolute atomic E-state index is 0.0770. The van der Waals surface area contributed by atoms with Crippen LogP contribution in [0.4, 0.5) is 14.5 Å². The lowest BCUT2D eigenvalue weighted by atomic mass is 10.1. The molecule has 2 amide bonds. The lowest BCUT2D eigenvalue weighted by molar-refractivity contribution is -0.127. The molecule has 0 radical (unpaired) electrons. The molecule has 2 aromatic carbocycles. The van der Waals surface area contributed by atoms with Crippen molar-refractivity contribution in [2.45, 2.75) is 6.10 Å². The number of fused-ring (bicyclic) bond motifs is 1. The molecule has 3 rings (SSSR count). The van der Waals surface area contributed by atoms with Gasteiger partial charge in [0.25, 0.3) is 11.8 Å². The summed E-state index contributed by atoms with van der Waals surface area (Å²) in [6.07, 6.45) is -0.919. The number of benzene rings is 2. The number of hydrogen-bond donors (Lipinski definition) is 1. The van der Waals surface area contributed by atoms with Gasteiger partial charge in [-0.3, -0.25) is 9.59 Å². The van der Waals surface area contributed by atoms with Crippen molar-refractivity contribution < 1.29 is 23.1 Å². The van der Waals surface area contributed by atoms with Crippen LogP contribution in [0.3, 0.4) is 0 Å². The molecule has 0 aliphatic carbocycles. The maximum Gasteiger partial charge on any atom is 0.262 e. The Balaban J connectivity index is 2.01. The molecule has 1 N–H and O–H groups in total. The number of nitrogens with one attached hydrogen (secondary N) is 1. The normalized spacial score (nSPS) is 16.1. The zero-order valence-electron chi connectivity index (χ0n) is 12.8. The smallest absolute Gasteiger partial charge is 0.262 e. The second kappa shape index (κ2) is 6.27. The van der Waals surface area contributed by atoms with Gasteiger partial charge in [-0.05, 0) is 24.3 Å². The number of rotatable bonds is 2. The fourth-order valence-corrected chi connectivity index (χ4v) is 2.53. The molecule has 0 bridgehead atoms. The quantitative estimate of drug-likeness (QED) is 0.916. The third kappa shape index (κ3) is 2.80. The van der Waals surface area contributed by atoms with Gasteiger partial charge in [0.15, 0.2) is 6.10 Å². The number of amides is 2. The summed E-state index contributed by atoms with van der Waals surface area (Å²) >= 11 is 0.